The number of nitrogens with zero attached hydrogens (tertiary/aromatic N) is 2. The van der Waals surface area contributed by atoms with Gasteiger partial charge in [0.05, 0.1) is 10.7 Å². The predicted octanol–water partition coefficient (Wildman–Crippen LogP) is 2.91. The molecule has 0 saturated heterocycles. The molecule has 1 N–H and O–H groups in total. The number of rotatable bonds is 6. The molecule has 1 rings (SSSR count). The topological polar surface area (TPSA) is 45.2 Å². The minimum absolute atomic E-state index is 0.0319. The van der Waals surface area contributed by atoms with Crippen molar-refractivity contribution in [3.8, 4) is 0 Å². The molecule has 106 valence electrons. The first-order valence-electron chi connectivity index (χ1n) is 6.54. The Bertz CT molecular complexity index is 434. The van der Waals surface area contributed by atoms with E-state index in [9.17, 15) is 4.79 Å². The minimum Gasteiger partial charge on any atom is -0.338 e. The van der Waals surface area contributed by atoms with Crippen molar-refractivity contribution < 1.29 is 4.79 Å². The van der Waals surface area contributed by atoms with Crippen LogP contribution in [0.1, 0.15) is 29.4 Å². The van der Waals surface area contributed by atoms with Crippen molar-refractivity contribution in [3.05, 3.63) is 27.7 Å². The fraction of sp³-hybridized carbons (Fsp3) is 0.571. The third-order valence-electron chi connectivity index (χ3n) is 2.82. The molecular formula is C14H23N3OS. The van der Waals surface area contributed by atoms with Crippen molar-refractivity contribution >= 4 is 17.4 Å². The summed E-state index contributed by atoms with van der Waals surface area (Å²) in [6.45, 7) is 13.7. The molecular weight excluding hydrogens is 258 g/mol. The Morgan fingerprint density at radius 2 is 2.16 bits per heavy atom. The fourth-order valence-electron chi connectivity index (χ4n) is 1.69. The van der Waals surface area contributed by atoms with Crippen LogP contribution in [0.2, 0.25) is 0 Å². The molecule has 0 aliphatic rings. The van der Waals surface area contributed by atoms with Crippen LogP contribution in [0.3, 0.4) is 0 Å². The number of aryl methyl sites for hydroxylation is 2. The Morgan fingerprint density at radius 1 is 1.47 bits per heavy atom. The molecule has 1 heterocycles. The third kappa shape index (κ3) is 5.03. The van der Waals surface area contributed by atoms with Gasteiger partial charge >= 0.3 is 6.03 Å². The van der Waals surface area contributed by atoms with E-state index in [1.165, 1.54) is 4.88 Å². The molecule has 0 atom stereocenters. The maximum Gasteiger partial charge on any atom is 0.317 e. The van der Waals surface area contributed by atoms with Gasteiger partial charge in [-0.25, -0.2) is 9.78 Å². The Morgan fingerprint density at radius 3 is 2.63 bits per heavy atom. The standard InChI is InChI=1S/C14H23N3OS/c1-6-17(9-10(2)3)14(18)15-8-7-13-16-11(4)12(5)19-13/h2,6-9H2,1,3-5H3,(H,15,18). The van der Waals surface area contributed by atoms with Crippen LogP contribution >= 0.6 is 11.3 Å². The summed E-state index contributed by atoms with van der Waals surface area (Å²) < 4.78 is 0. The Kier molecular flexibility index (Phi) is 6.02. The van der Waals surface area contributed by atoms with Gasteiger partial charge in [-0.15, -0.1) is 11.3 Å². The van der Waals surface area contributed by atoms with E-state index in [2.05, 4.69) is 23.8 Å². The fourth-order valence-corrected chi connectivity index (χ4v) is 2.62. The van der Waals surface area contributed by atoms with Crippen molar-refractivity contribution in [3.63, 3.8) is 0 Å². The van der Waals surface area contributed by atoms with Crippen molar-refractivity contribution in [1.82, 2.24) is 15.2 Å². The van der Waals surface area contributed by atoms with Gasteiger partial charge in [0, 0.05) is 30.9 Å². The SMILES string of the molecule is C=C(C)CN(CC)C(=O)NCCc1nc(C)c(C)s1. The molecule has 1 aromatic rings. The summed E-state index contributed by atoms with van der Waals surface area (Å²) in [5.74, 6) is 0. The molecule has 0 spiro atoms. The molecule has 19 heavy (non-hydrogen) atoms. The number of hydrogen-bond donors (Lipinski definition) is 1. The highest BCUT2D eigenvalue weighted by Crippen LogP contribution is 2.16. The second kappa shape index (κ2) is 7.28. The summed E-state index contributed by atoms with van der Waals surface area (Å²) in [6.07, 6.45) is 0.787. The Labute approximate surface area is 119 Å². The van der Waals surface area contributed by atoms with E-state index in [4.69, 9.17) is 0 Å². The lowest BCUT2D eigenvalue weighted by molar-refractivity contribution is 0.205. The van der Waals surface area contributed by atoms with Crippen molar-refractivity contribution in [2.24, 2.45) is 0 Å². The number of amides is 2. The largest absolute Gasteiger partial charge is 0.338 e. The zero-order valence-corrected chi connectivity index (χ0v) is 13.1. The summed E-state index contributed by atoms with van der Waals surface area (Å²) in [4.78, 5) is 19.4. The van der Waals surface area contributed by atoms with Gasteiger partial charge in [0.15, 0.2) is 0 Å². The number of urea groups is 1. The second-order valence-corrected chi connectivity index (χ2v) is 5.99. The Balaban J connectivity index is 2.39. The lowest BCUT2D eigenvalue weighted by Crippen LogP contribution is -2.41. The van der Waals surface area contributed by atoms with E-state index >= 15 is 0 Å². The van der Waals surface area contributed by atoms with E-state index in [0.717, 1.165) is 22.7 Å². The Hall–Kier alpha value is -1.36. The first-order chi connectivity index (χ1) is 8.93. The van der Waals surface area contributed by atoms with Gasteiger partial charge < -0.3 is 10.2 Å². The van der Waals surface area contributed by atoms with Crippen LogP contribution in [0, 0.1) is 13.8 Å². The first-order valence-corrected chi connectivity index (χ1v) is 7.35. The zero-order valence-electron chi connectivity index (χ0n) is 12.2. The molecule has 0 radical (unpaired) electrons. The average Bonchev–Trinajstić information content (AvgIpc) is 2.65. The quantitative estimate of drug-likeness (QED) is 0.815. The third-order valence-corrected chi connectivity index (χ3v) is 3.95. The predicted molar refractivity (Wildman–Crippen MR) is 80.8 cm³/mol. The van der Waals surface area contributed by atoms with E-state index in [1.807, 2.05) is 20.8 Å². The summed E-state index contributed by atoms with van der Waals surface area (Å²) >= 11 is 1.70. The van der Waals surface area contributed by atoms with Crippen molar-refractivity contribution in [2.45, 2.75) is 34.1 Å². The molecule has 0 aliphatic heterocycles. The first kappa shape index (κ1) is 15.7. The minimum atomic E-state index is -0.0319. The van der Waals surface area contributed by atoms with Gasteiger partial charge in [-0.3, -0.25) is 0 Å². The molecule has 0 aliphatic carbocycles. The van der Waals surface area contributed by atoms with Crippen LogP contribution in [0.4, 0.5) is 4.79 Å². The molecule has 0 fully saturated rings. The second-order valence-electron chi connectivity index (χ2n) is 4.70. The van der Waals surface area contributed by atoms with Crippen LogP contribution in [-0.4, -0.2) is 35.5 Å². The molecule has 4 nitrogen and oxygen atoms in total. The smallest absolute Gasteiger partial charge is 0.317 e. The maximum atomic E-state index is 11.9. The number of hydrogen-bond acceptors (Lipinski definition) is 3. The number of carbonyl (C=O) groups is 1. The van der Waals surface area contributed by atoms with Gasteiger partial charge in [-0.2, -0.15) is 0 Å². The van der Waals surface area contributed by atoms with Crippen LogP contribution in [-0.2, 0) is 6.42 Å². The highest BCUT2D eigenvalue weighted by molar-refractivity contribution is 7.11. The van der Waals surface area contributed by atoms with E-state index in [-0.39, 0.29) is 6.03 Å². The molecule has 0 bridgehead atoms. The molecule has 1 aromatic heterocycles. The van der Waals surface area contributed by atoms with Gasteiger partial charge in [0.2, 0.25) is 0 Å². The molecule has 5 heteroatoms. The van der Waals surface area contributed by atoms with Gasteiger partial charge in [0.25, 0.3) is 0 Å². The maximum absolute atomic E-state index is 11.9. The van der Waals surface area contributed by atoms with Crippen LogP contribution in [0.5, 0.6) is 0 Å². The van der Waals surface area contributed by atoms with Crippen LogP contribution in [0.15, 0.2) is 12.2 Å². The summed E-state index contributed by atoms with van der Waals surface area (Å²) in [7, 11) is 0. The number of carbonyl (C=O) groups excluding carboxylic acids is 1. The molecule has 0 aromatic carbocycles. The van der Waals surface area contributed by atoms with Crippen LogP contribution in [0.25, 0.3) is 0 Å². The van der Waals surface area contributed by atoms with Gasteiger partial charge in [0.1, 0.15) is 0 Å². The molecule has 0 unspecified atom stereocenters. The monoisotopic (exact) mass is 281 g/mol. The lowest BCUT2D eigenvalue weighted by atomic mass is 10.3. The number of nitrogens with one attached hydrogen (secondary N) is 1. The van der Waals surface area contributed by atoms with Gasteiger partial charge in [-0.1, -0.05) is 12.2 Å². The summed E-state index contributed by atoms with van der Waals surface area (Å²) in [6, 6.07) is -0.0319. The van der Waals surface area contributed by atoms with E-state index < -0.39 is 0 Å². The summed E-state index contributed by atoms with van der Waals surface area (Å²) in [5.41, 5.74) is 2.08. The number of thiazole rings is 1. The molecule has 0 saturated carbocycles. The van der Waals surface area contributed by atoms with E-state index in [0.29, 0.717) is 19.6 Å². The van der Waals surface area contributed by atoms with Crippen molar-refractivity contribution in [1.29, 1.82) is 0 Å². The van der Waals surface area contributed by atoms with Gasteiger partial charge in [-0.05, 0) is 27.7 Å². The zero-order chi connectivity index (χ0) is 14.4. The molecule has 2 amide bonds. The van der Waals surface area contributed by atoms with Crippen molar-refractivity contribution in [2.75, 3.05) is 19.6 Å². The highest BCUT2D eigenvalue weighted by Gasteiger charge is 2.11. The highest BCUT2D eigenvalue weighted by atomic mass is 32.1. The average molecular weight is 281 g/mol. The number of likely N-dealkylation sites (N-methyl/N-ethyl adjacent to an activating group) is 1. The normalized spacial score (nSPS) is 10.3. The lowest BCUT2D eigenvalue weighted by Gasteiger charge is -2.21. The summed E-state index contributed by atoms with van der Waals surface area (Å²) in [5, 5.41) is 4.01. The number of aromatic nitrogens is 1. The van der Waals surface area contributed by atoms with E-state index in [1.54, 1.807) is 16.2 Å². The van der Waals surface area contributed by atoms with Crippen LogP contribution < -0.4 is 5.32 Å².